The number of H-pyrrole nitrogens is 1. The van der Waals surface area contributed by atoms with Crippen LogP contribution in [0.1, 0.15) is 30.7 Å². The summed E-state index contributed by atoms with van der Waals surface area (Å²) in [5.41, 5.74) is 6.40. The maximum atomic E-state index is 11.8. The number of nitrogens with one attached hydrogen (secondary N) is 1. The molecule has 0 amide bonds. The predicted molar refractivity (Wildman–Crippen MR) is 72.5 cm³/mol. The summed E-state index contributed by atoms with van der Waals surface area (Å²) in [7, 11) is 2.16. The number of nitrogen functional groups attached to an aromatic ring is 1. The van der Waals surface area contributed by atoms with Crippen molar-refractivity contribution in [1.82, 2.24) is 14.9 Å². The Kier molecular flexibility index (Phi) is 4.01. The number of hydrogen-bond acceptors (Lipinski definition) is 4. The Bertz CT molecular complexity index is 461. The number of nitrogens with zero attached hydrogens (tertiary/aromatic N) is 2. The van der Waals surface area contributed by atoms with Gasteiger partial charge in [-0.05, 0) is 58.7 Å². The topological polar surface area (TPSA) is 75.0 Å². The molecule has 1 fully saturated rings. The lowest BCUT2D eigenvalue weighted by Gasteiger charge is -2.28. The van der Waals surface area contributed by atoms with E-state index in [4.69, 9.17) is 5.73 Å². The van der Waals surface area contributed by atoms with Crippen LogP contribution >= 0.6 is 0 Å². The minimum Gasteiger partial charge on any atom is -0.383 e. The second-order valence-corrected chi connectivity index (χ2v) is 5.30. The first-order chi connectivity index (χ1) is 8.56. The normalized spacial score (nSPS) is 18.1. The summed E-state index contributed by atoms with van der Waals surface area (Å²) >= 11 is 0. The van der Waals surface area contributed by atoms with Crippen LogP contribution in [0, 0.1) is 12.8 Å². The van der Waals surface area contributed by atoms with Crippen LogP contribution in [0.4, 0.5) is 5.82 Å². The molecule has 1 aliphatic heterocycles. The molecule has 0 radical (unpaired) electrons. The van der Waals surface area contributed by atoms with E-state index in [1.54, 1.807) is 6.92 Å². The van der Waals surface area contributed by atoms with Crippen LogP contribution in [-0.4, -0.2) is 35.0 Å². The fourth-order valence-electron chi connectivity index (χ4n) is 2.57. The molecule has 5 heteroatoms. The molecule has 0 aliphatic carbocycles. The summed E-state index contributed by atoms with van der Waals surface area (Å²) in [4.78, 5) is 21.0. The fourth-order valence-corrected chi connectivity index (χ4v) is 2.57. The molecule has 18 heavy (non-hydrogen) atoms. The van der Waals surface area contributed by atoms with Gasteiger partial charge in [0.2, 0.25) is 0 Å². The summed E-state index contributed by atoms with van der Waals surface area (Å²) < 4.78 is 0. The van der Waals surface area contributed by atoms with Gasteiger partial charge in [0.05, 0.1) is 5.56 Å². The number of likely N-dealkylation sites (tertiary alicyclic amines) is 1. The van der Waals surface area contributed by atoms with E-state index in [-0.39, 0.29) is 5.56 Å². The first-order valence-electron chi connectivity index (χ1n) is 6.60. The second kappa shape index (κ2) is 5.52. The molecule has 0 aromatic carbocycles. The van der Waals surface area contributed by atoms with Crippen LogP contribution < -0.4 is 11.3 Å². The zero-order valence-corrected chi connectivity index (χ0v) is 11.2. The maximum absolute atomic E-state index is 11.8. The van der Waals surface area contributed by atoms with Gasteiger partial charge >= 0.3 is 0 Å². The van der Waals surface area contributed by atoms with Crippen molar-refractivity contribution in [3.63, 3.8) is 0 Å². The molecule has 0 saturated carbocycles. The van der Waals surface area contributed by atoms with E-state index in [1.807, 2.05) is 0 Å². The third-order valence-electron chi connectivity index (χ3n) is 3.81. The molecule has 1 aliphatic rings. The first kappa shape index (κ1) is 13.1. The standard InChI is InChI=1S/C13H22N4O/c1-9-15-12(14)11(13(18)16-9)4-3-10-5-7-17(2)8-6-10/h10H,3-8H2,1-2H3,(H3,14,15,16,18). The molecule has 0 atom stereocenters. The van der Waals surface area contributed by atoms with E-state index in [0.717, 1.165) is 25.9 Å². The molecule has 0 bridgehead atoms. The van der Waals surface area contributed by atoms with Crippen LogP contribution in [0.25, 0.3) is 0 Å². The number of aryl methyl sites for hydroxylation is 1. The number of piperidine rings is 1. The largest absolute Gasteiger partial charge is 0.383 e. The molecule has 1 saturated heterocycles. The van der Waals surface area contributed by atoms with Crippen molar-refractivity contribution in [3.8, 4) is 0 Å². The van der Waals surface area contributed by atoms with Gasteiger partial charge < -0.3 is 15.6 Å². The van der Waals surface area contributed by atoms with E-state index in [2.05, 4.69) is 21.9 Å². The summed E-state index contributed by atoms with van der Waals surface area (Å²) in [6.07, 6.45) is 4.20. The highest BCUT2D eigenvalue weighted by Gasteiger charge is 2.17. The van der Waals surface area contributed by atoms with Crippen LogP contribution in [0.2, 0.25) is 0 Å². The SMILES string of the molecule is Cc1nc(N)c(CCC2CCN(C)CC2)c(=O)[nH]1. The lowest BCUT2D eigenvalue weighted by atomic mass is 9.91. The van der Waals surface area contributed by atoms with Crippen molar-refractivity contribution in [2.45, 2.75) is 32.6 Å². The summed E-state index contributed by atoms with van der Waals surface area (Å²) in [5, 5.41) is 0. The minimum absolute atomic E-state index is 0.0760. The van der Waals surface area contributed by atoms with Gasteiger partial charge in [0.15, 0.2) is 0 Å². The Morgan fingerprint density at radius 1 is 1.44 bits per heavy atom. The Hall–Kier alpha value is -1.36. The number of aromatic nitrogens is 2. The highest BCUT2D eigenvalue weighted by atomic mass is 16.1. The molecule has 0 spiro atoms. The Balaban J connectivity index is 1.96. The lowest BCUT2D eigenvalue weighted by Crippen LogP contribution is -2.30. The quantitative estimate of drug-likeness (QED) is 0.837. The van der Waals surface area contributed by atoms with Gasteiger partial charge in [-0.25, -0.2) is 4.98 Å². The highest BCUT2D eigenvalue weighted by Crippen LogP contribution is 2.21. The maximum Gasteiger partial charge on any atom is 0.256 e. The van der Waals surface area contributed by atoms with Crippen molar-refractivity contribution in [2.24, 2.45) is 5.92 Å². The molecule has 1 aromatic heterocycles. The zero-order valence-electron chi connectivity index (χ0n) is 11.2. The second-order valence-electron chi connectivity index (χ2n) is 5.30. The smallest absolute Gasteiger partial charge is 0.256 e. The number of nitrogens with two attached hydrogens (primary N) is 1. The Morgan fingerprint density at radius 2 is 2.11 bits per heavy atom. The minimum atomic E-state index is -0.0760. The molecular formula is C13H22N4O. The molecule has 2 rings (SSSR count). The summed E-state index contributed by atoms with van der Waals surface area (Å²) in [5.74, 6) is 1.69. The van der Waals surface area contributed by atoms with Crippen molar-refractivity contribution in [3.05, 3.63) is 21.7 Å². The fraction of sp³-hybridized carbons (Fsp3) is 0.692. The van der Waals surface area contributed by atoms with Crippen molar-refractivity contribution in [2.75, 3.05) is 25.9 Å². The van der Waals surface area contributed by atoms with Crippen molar-refractivity contribution >= 4 is 5.82 Å². The molecule has 5 nitrogen and oxygen atoms in total. The third-order valence-corrected chi connectivity index (χ3v) is 3.81. The predicted octanol–water partition coefficient (Wildman–Crippen LogP) is 0.935. The van der Waals surface area contributed by atoms with E-state index in [0.29, 0.717) is 23.1 Å². The van der Waals surface area contributed by atoms with Crippen LogP contribution in [0.5, 0.6) is 0 Å². The van der Waals surface area contributed by atoms with Gasteiger partial charge in [0.25, 0.3) is 5.56 Å². The van der Waals surface area contributed by atoms with Crippen LogP contribution in [0.3, 0.4) is 0 Å². The molecule has 0 unspecified atom stereocenters. The molecule has 2 heterocycles. The van der Waals surface area contributed by atoms with E-state index < -0.39 is 0 Å². The van der Waals surface area contributed by atoms with Crippen molar-refractivity contribution in [1.29, 1.82) is 0 Å². The van der Waals surface area contributed by atoms with Gasteiger partial charge in [-0.3, -0.25) is 4.79 Å². The van der Waals surface area contributed by atoms with Gasteiger partial charge in [0, 0.05) is 0 Å². The highest BCUT2D eigenvalue weighted by molar-refractivity contribution is 5.37. The Morgan fingerprint density at radius 3 is 2.72 bits per heavy atom. The first-order valence-corrected chi connectivity index (χ1v) is 6.60. The molecule has 3 N–H and O–H groups in total. The monoisotopic (exact) mass is 250 g/mol. The van der Waals surface area contributed by atoms with E-state index in [9.17, 15) is 4.79 Å². The zero-order chi connectivity index (χ0) is 13.1. The average Bonchev–Trinajstić information content (AvgIpc) is 2.30. The number of hydrogen-bond donors (Lipinski definition) is 2. The number of rotatable bonds is 3. The van der Waals surface area contributed by atoms with Gasteiger partial charge in [-0.15, -0.1) is 0 Å². The average molecular weight is 250 g/mol. The van der Waals surface area contributed by atoms with Crippen LogP contribution in [0.15, 0.2) is 4.79 Å². The van der Waals surface area contributed by atoms with Gasteiger partial charge in [0.1, 0.15) is 11.6 Å². The lowest BCUT2D eigenvalue weighted by molar-refractivity contribution is 0.212. The number of aromatic amines is 1. The molecular weight excluding hydrogens is 228 g/mol. The molecule has 1 aromatic rings. The van der Waals surface area contributed by atoms with Gasteiger partial charge in [-0.1, -0.05) is 0 Å². The molecule has 100 valence electrons. The van der Waals surface area contributed by atoms with Crippen molar-refractivity contribution < 1.29 is 0 Å². The van der Waals surface area contributed by atoms with Gasteiger partial charge in [-0.2, -0.15) is 0 Å². The summed E-state index contributed by atoms with van der Waals surface area (Å²) in [6, 6.07) is 0. The summed E-state index contributed by atoms with van der Waals surface area (Å²) in [6.45, 7) is 4.06. The van der Waals surface area contributed by atoms with E-state index >= 15 is 0 Å². The number of anilines is 1. The van der Waals surface area contributed by atoms with E-state index in [1.165, 1.54) is 12.8 Å². The Labute approximate surface area is 107 Å². The van der Waals surface area contributed by atoms with Crippen LogP contribution in [-0.2, 0) is 6.42 Å². The third kappa shape index (κ3) is 3.10.